The SMILES string of the molecule is Cc1ccc(N)cc1NCC1CCC(C)C1. The fraction of sp³-hybridized carbons (Fsp3) is 0.571. The predicted octanol–water partition coefficient (Wildman–Crippen LogP) is 3.43. The van der Waals surface area contributed by atoms with E-state index in [1.807, 2.05) is 12.1 Å². The van der Waals surface area contributed by atoms with E-state index in [4.69, 9.17) is 5.73 Å². The zero-order chi connectivity index (χ0) is 11.5. The van der Waals surface area contributed by atoms with E-state index in [2.05, 4.69) is 25.2 Å². The lowest BCUT2D eigenvalue weighted by Crippen LogP contribution is -2.12. The van der Waals surface area contributed by atoms with Gasteiger partial charge in [-0.15, -0.1) is 0 Å². The Morgan fingerprint density at radius 3 is 2.88 bits per heavy atom. The summed E-state index contributed by atoms with van der Waals surface area (Å²) >= 11 is 0. The van der Waals surface area contributed by atoms with Gasteiger partial charge >= 0.3 is 0 Å². The lowest BCUT2D eigenvalue weighted by atomic mass is 10.1. The molecule has 0 bridgehead atoms. The standard InChI is InChI=1S/C14H22N2/c1-10-3-5-12(7-10)9-16-14-8-13(15)6-4-11(14)2/h4,6,8,10,12,16H,3,5,7,9,15H2,1-2H3. The van der Waals surface area contributed by atoms with E-state index in [0.29, 0.717) is 0 Å². The summed E-state index contributed by atoms with van der Waals surface area (Å²) in [6.07, 6.45) is 4.13. The van der Waals surface area contributed by atoms with Crippen LogP contribution in [0.1, 0.15) is 31.7 Å². The number of nitrogen functional groups attached to an aromatic ring is 1. The monoisotopic (exact) mass is 218 g/mol. The molecule has 2 heteroatoms. The highest BCUT2D eigenvalue weighted by atomic mass is 14.9. The van der Waals surface area contributed by atoms with Crippen LogP contribution in [-0.4, -0.2) is 6.54 Å². The first-order valence-corrected chi connectivity index (χ1v) is 6.25. The number of rotatable bonds is 3. The molecule has 0 heterocycles. The summed E-state index contributed by atoms with van der Waals surface area (Å²) in [6, 6.07) is 6.07. The van der Waals surface area contributed by atoms with Crippen LogP contribution in [0.5, 0.6) is 0 Å². The molecule has 2 nitrogen and oxygen atoms in total. The molecule has 1 saturated carbocycles. The summed E-state index contributed by atoms with van der Waals surface area (Å²) in [4.78, 5) is 0. The van der Waals surface area contributed by atoms with E-state index in [1.54, 1.807) is 0 Å². The number of benzene rings is 1. The van der Waals surface area contributed by atoms with E-state index < -0.39 is 0 Å². The van der Waals surface area contributed by atoms with Crippen LogP contribution in [0.3, 0.4) is 0 Å². The third-order valence-electron chi connectivity index (χ3n) is 3.65. The molecule has 1 fully saturated rings. The van der Waals surface area contributed by atoms with Crippen LogP contribution in [0.2, 0.25) is 0 Å². The molecule has 2 rings (SSSR count). The third-order valence-corrected chi connectivity index (χ3v) is 3.65. The number of aryl methyl sites for hydroxylation is 1. The minimum absolute atomic E-state index is 0.841. The largest absolute Gasteiger partial charge is 0.399 e. The van der Waals surface area contributed by atoms with Gasteiger partial charge in [-0.2, -0.15) is 0 Å². The van der Waals surface area contributed by atoms with Gasteiger partial charge < -0.3 is 11.1 Å². The molecule has 1 aromatic carbocycles. The summed E-state index contributed by atoms with van der Waals surface area (Å²) in [6.45, 7) is 5.57. The number of anilines is 2. The molecule has 0 spiro atoms. The first kappa shape index (κ1) is 11.3. The summed E-state index contributed by atoms with van der Waals surface area (Å²) in [7, 11) is 0. The summed E-state index contributed by atoms with van der Waals surface area (Å²) in [5, 5.41) is 3.54. The molecule has 0 radical (unpaired) electrons. The topological polar surface area (TPSA) is 38.0 Å². The second-order valence-corrected chi connectivity index (χ2v) is 5.24. The van der Waals surface area contributed by atoms with Crippen LogP contribution in [0.15, 0.2) is 18.2 Å². The van der Waals surface area contributed by atoms with Crippen molar-refractivity contribution in [2.75, 3.05) is 17.6 Å². The van der Waals surface area contributed by atoms with Crippen molar-refractivity contribution < 1.29 is 0 Å². The smallest absolute Gasteiger partial charge is 0.0390 e. The average Bonchev–Trinajstić information content (AvgIpc) is 2.66. The lowest BCUT2D eigenvalue weighted by Gasteiger charge is -2.14. The fourth-order valence-corrected chi connectivity index (χ4v) is 2.59. The number of hydrogen-bond donors (Lipinski definition) is 2. The second kappa shape index (κ2) is 4.77. The summed E-state index contributed by atoms with van der Waals surface area (Å²) in [5.41, 5.74) is 9.11. The van der Waals surface area contributed by atoms with Crippen molar-refractivity contribution in [3.05, 3.63) is 23.8 Å². The molecule has 0 saturated heterocycles. The van der Waals surface area contributed by atoms with E-state index in [9.17, 15) is 0 Å². The van der Waals surface area contributed by atoms with E-state index in [0.717, 1.165) is 24.1 Å². The molecule has 3 N–H and O–H groups in total. The molecule has 1 aromatic rings. The molecule has 0 amide bonds. The van der Waals surface area contributed by atoms with Crippen LogP contribution in [0.25, 0.3) is 0 Å². The molecule has 2 unspecified atom stereocenters. The minimum atomic E-state index is 0.841. The number of hydrogen-bond acceptors (Lipinski definition) is 2. The van der Waals surface area contributed by atoms with E-state index in [1.165, 1.54) is 30.5 Å². The highest BCUT2D eigenvalue weighted by molar-refractivity contribution is 5.59. The van der Waals surface area contributed by atoms with Crippen LogP contribution in [-0.2, 0) is 0 Å². The van der Waals surface area contributed by atoms with Crippen molar-refractivity contribution in [2.45, 2.75) is 33.1 Å². The van der Waals surface area contributed by atoms with Crippen LogP contribution < -0.4 is 11.1 Å². The van der Waals surface area contributed by atoms with Crippen molar-refractivity contribution in [1.29, 1.82) is 0 Å². The summed E-state index contributed by atoms with van der Waals surface area (Å²) in [5.74, 6) is 1.75. The highest BCUT2D eigenvalue weighted by Crippen LogP contribution is 2.30. The number of nitrogens with two attached hydrogens (primary N) is 1. The Morgan fingerprint density at radius 1 is 1.38 bits per heavy atom. The lowest BCUT2D eigenvalue weighted by molar-refractivity contribution is 0.537. The maximum absolute atomic E-state index is 5.79. The highest BCUT2D eigenvalue weighted by Gasteiger charge is 2.20. The molecule has 1 aliphatic carbocycles. The minimum Gasteiger partial charge on any atom is -0.399 e. The zero-order valence-corrected chi connectivity index (χ0v) is 10.3. The van der Waals surface area contributed by atoms with Crippen molar-refractivity contribution in [3.8, 4) is 0 Å². The van der Waals surface area contributed by atoms with E-state index in [-0.39, 0.29) is 0 Å². The van der Waals surface area contributed by atoms with Gasteiger partial charge in [0, 0.05) is 17.9 Å². The number of nitrogens with one attached hydrogen (secondary N) is 1. The van der Waals surface area contributed by atoms with E-state index >= 15 is 0 Å². The van der Waals surface area contributed by atoms with Gasteiger partial charge in [0.15, 0.2) is 0 Å². The molecule has 16 heavy (non-hydrogen) atoms. The first-order valence-electron chi connectivity index (χ1n) is 6.25. The molecule has 2 atom stereocenters. The molecule has 1 aliphatic rings. The van der Waals surface area contributed by atoms with Gasteiger partial charge in [-0.05, 0) is 49.3 Å². The van der Waals surface area contributed by atoms with Gasteiger partial charge in [0.2, 0.25) is 0 Å². The Kier molecular flexibility index (Phi) is 3.37. The van der Waals surface area contributed by atoms with Gasteiger partial charge in [-0.25, -0.2) is 0 Å². The molecular formula is C14H22N2. The van der Waals surface area contributed by atoms with Gasteiger partial charge in [-0.1, -0.05) is 19.4 Å². The van der Waals surface area contributed by atoms with Gasteiger partial charge in [0.25, 0.3) is 0 Å². The van der Waals surface area contributed by atoms with Crippen molar-refractivity contribution >= 4 is 11.4 Å². The van der Waals surface area contributed by atoms with Crippen molar-refractivity contribution in [2.24, 2.45) is 11.8 Å². The average molecular weight is 218 g/mol. The Hall–Kier alpha value is -1.18. The third kappa shape index (κ3) is 2.69. The normalized spacial score (nSPS) is 24.6. The fourth-order valence-electron chi connectivity index (χ4n) is 2.59. The maximum Gasteiger partial charge on any atom is 0.0390 e. The quantitative estimate of drug-likeness (QED) is 0.763. The first-order chi connectivity index (χ1) is 7.65. The molecule has 88 valence electrons. The van der Waals surface area contributed by atoms with Crippen LogP contribution in [0, 0.1) is 18.8 Å². The van der Waals surface area contributed by atoms with Crippen molar-refractivity contribution in [3.63, 3.8) is 0 Å². The van der Waals surface area contributed by atoms with Crippen LogP contribution >= 0.6 is 0 Å². The van der Waals surface area contributed by atoms with Gasteiger partial charge in [0.1, 0.15) is 0 Å². The Labute approximate surface area is 98.2 Å². The zero-order valence-electron chi connectivity index (χ0n) is 10.3. The van der Waals surface area contributed by atoms with Gasteiger partial charge in [0.05, 0.1) is 0 Å². The molecule has 0 aromatic heterocycles. The predicted molar refractivity (Wildman–Crippen MR) is 70.6 cm³/mol. The maximum atomic E-state index is 5.79. The Morgan fingerprint density at radius 2 is 2.19 bits per heavy atom. The summed E-state index contributed by atoms with van der Waals surface area (Å²) < 4.78 is 0. The Balaban J connectivity index is 1.91. The molecular weight excluding hydrogens is 196 g/mol. The van der Waals surface area contributed by atoms with Gasteiger partial charge in [-0.3, -0.25) is 0 Å². The van der Waals surface area contributed by atoms with Crippen molar-refractivity contribution in [1.82, 2.24) is 0 Å². The Bertz CT molecular complexity index is 360. The van der Waals surface area contributed by atoms with Crippen LogP contribution in [0.4, 0.5) is 11.4 Å². The molecule has 0 aliphatic heterocycles. The second-order valence-electron chi connectivity index (χ2n) is 5.24.